The number of allylic oxidation sites excluding steroid dienone is 1. The Labute approximate surface area is 120 Å². The van der Waals surface area contributed by atoms with E-state index in [0.29, 0.717) is 0 Å². The number of hydrogen-bond acceptors (Lipinski definition) is 7. The maximum Gasteiger partial charge on any atom is 0.530 e. The molecule has 7 nitrogen and oxygen atoms in total. The van der Waals surface area contributed by atoms with Crippen LogP contribution in [0.4, 0.5) is 0 Å². The van der Waals surface area contributed by atoms with Gasteiger partial charge in [-0.1, -0.05) is 0 Å². The monoisotopic (exact) mass is 330 g/mol. The van der Waals surface area contributed by atoms with Crippen LogP contribution in [0.5, 0.6) is 0 Å². The van der Waals surface area contributed by atoms with E-state index in [-0.39, 0.29) is 31.9 Å². The van der Waals surface area contributed by atoms with Gasteiger partial charge >= 0.3 is 15.4 Å². The summed E-state index contributed by atoms with van der Waals surface area (Å²) in [6.07, 6.45) is 1.37. The van der Waals surface area contributed by atoms with Gasteiger partial charge in [0.15, 0.2) is 0 Å². The predicted octanol–water partition coefficient (Wildman–Crippen LogP) is 4.31. The molecule has 0 heterocycles. The number of hydrogen-bond donors (Lipinski definition) is 0. The molecule has 0 aliphatic heterocycles. The Morgan fingerprint density at radius 3 is 1.55 bits per heavy atom. The fourth-order valence-corrected chi connectivity index (χ4v) is 4.46. The van der Waals surface area contributed by atoms with E-state index in [2.05, 4.69) is 0 Å². The van der Waals surface area contributed by atoms with Gasteiger partial charge in [-0.2, -0.15) is 0 Å². The molecule has 0 atom stereocenters. The van der Waals surface area contributed by atoms with E-state index in [1.165, 1.54) is 6.08 Å². The van der Waals surface area contributed by atoms with Crippen molar-refractivity contribution in [2.75, 3.05) is 26.4 Å². The van der Waals surface area contributed by atoms with Gasteiger partial charge in [0.25, 0.3) is 0 Å². The molecule has 0 saturated carbocycles. The number of rotatable bonds is 11. The largest absolute Gasteiger partial charge is 0.530 e. The van der Waals surface area contributed by atoms with Gasteiger partial charge in [0.05, 0.1) is 26.4 Å². The van der Waals surface area contributed by atoms with E-state index < -0.39 is 15.4 Å². The minimum absolute atomic E-state index is 0.127. The van der Waals surface area contributed by atoms with Crippen LogP contribution < -0.4 is 0 Å². The first-order valence-corrected chi connectivity index (χ1v) is 9.56. The molecular weight excluding hydrogens is 306 g/mol. The van der Waals surface area contributed by atoms with Crippen molar-refractivity contribution in [1.29, 1.82) is 0 Å². The average molecular weight is 330 g/mol. The van der Waals surface area contributed by atoms with E-state index in [0.717, 1.165) is 0 Å². The smallest absolute Gasteiger partial charge is 0.396 e. The summed E-state index contributed by atoms with van der Waals surface area (Å²) in [5, 5.41) is 0. The fourth-order valence-electron chi connectivity index (χ4n) is 1.29. The molecule has 0 spiro atoms. The minimum atomic E-state index is -3.84. The summed E-state index contributed by atoms with van der Waals surface area (Å²) < 4.78 is 50.3. The molecule has 0 aromatic heterocycles. The summed E-state index contributed by atoms with van der Waals surface area (Å²) >= 11 is 0. The number of phosphoric ester groups is 1. The molecule has 0 aliphatic rings. The summed E-state index contributed by atoms with van der Waals surface area (Å²) in [6, 6.07) is 0. The third-order valence-electron chi connectivity index (χ3n) is 1.89. The summed E-state index contributed by atoms with van der Waals surface area (Å²) in [5.41, 5.74) is -0.175. The van der Waals surface area contributed by atoms with Crippen LogP contribution in [0, 0.1) is 0 Å². The van der Waals surface area contributed by atoms with Crippen molar-refractivity contribution in [2.45, 2.75) is 34.6 Å². The molecule has 0 saturated heterocycles. The Morgan fingerprint density at radius 1 is 0.850 bits per heavy atom. The first-order valence-electron chi connectivity index (χ1n) is 6.55. The third kappa shape index (κ3) is 6.08. The van der Waals surface area contributed by atoms with E-state index in [1.54, 1.807) is 34.6 Å². The lowest BCUT2D eigenvalue weighted by atomic mass is 10.7. The molecule has 120 valence electrons. The third-order valence-corrected chi connectivity index (χ3v) is 5.69. The van der Waals surface area contributed by atoms with Crippen LogP contribution in [0.3, 0.4) is 0 Å². The lowest BCUT2D eigenvalue weighted by Crippen LogP contribution is -2.05. The van der Waals surface area contributed by atoms with Gasteiger partial charge in [-0.15, -0.1) is 0 Å². The minimum Gasteiger partial charge on any atom is -0.396 e. The highest BCUT2D eigenvalue weighted by atomic mass is 31.2. The standard InChI is InChI=1S/C11H24O7P2/c1-6-11(19(12,14-7-2)15-8-3)18-20(13,16-9-4)17-10-5/h6H,7-10H2,1-5H3. The average Bonchev–Trinajstić information content (AvgIpc) is 2.37. The topological polar surface area (TPSA) is 80.3 Å². The van der Waals surface area contributed by atoms with Gasteiger partial charge in [-0.3, -0.25) is 13.6 Å². The Balaban J connectivity index is 5.25. The van der Waals surface area contributed by atoms with Crippen LogP contribution in [0.25, 0.3) is 0 Å². The molecule has 0 amide bonds. The van der Waals surface area contributed by atoms with Gasteiger partial charge in [0, 0.05) is 0 Å². The Kier molecular flexibility index (Phi) is 9.64. The lowest BCUT2D eigenvalue weighted by Gasteiger charge is -2.23. The summed E-state index contributed by atoms with van der Waals surface area (Å²) in [7, 11) is -7.50. The van der Waals surface area contributed by atoms with Crippen molar-refractivity contribution in [2.24, 2.45) is 0 Å². The zero-order chi connectivity index (χ0) is 15.6. The van der Waals surface area contributed by atoms with Gasteiger partial charge in [-0.05, 0) is 40.7 Å². The van der Waals surface area contributed by atoms with Crippen molar-refractivity contribution in [3.05, 3.63) is 11.6 Å². The first-order chi connectivity index (χ1) is 9.41. The molecule has 0 aromatic rings. The summed E-state index contributed by atoms with van der Waals surface area (Å²) in [6.45, 7) is 8.78. The van der Waals surface area contributed by atoms with Crippen molar-refractivity contribution in [3.8, 4) is 0 Å². The van der Waals surface area contributed by atoms with Crippen LogP contribution in [-0.2, 0) is 31.7 Å². The molecule has 0 radical (unpaired) electrons. The second-order valence-corrected chi connectivity index (χ2v) is 6.88. The molecule has 0 rings (SSSR count). The predicted molar refractivity (Wildman–Crippen MR) is 76.6 cm³/mol. The van der Waals surface area contributed by atoms with Crippen LogP contribution in [0.1, 0.15) is 34.6 Å². The van der Waals surface area contributed by atoms with Crippen molar-refractivity contribution in [1.82, 2.24) is 0 Å². The van der Waals surface area contributed by atoms with Gasteiger partial charge in [0.2, 0.25) is 5.50 Å². The van der Waals surface area contributed by atoms with Gasteiger partial charge in [0.1, 0.15) is 0 Å². The maximum atomic E-state index is 12.6. The lowest BCUT2D eigenvalue weighted by molar-refractivity contribution is 0.141. The molecule has 0 fully saturated rings. The fraction of sp³-hybridized carbons (Fsp3) is 0.818. The molecule has 0 aliphatic carbocycles. The Morgan fingerprint density at radius 2 is 1.25 bits per heavy atom. The molecule has 0 bridgehead atoms. The van der Waals surface area contributed by atoms with Crippen LogP contribution in [0.15, 0.2) is 11.6 Å². The van der Waals surface area contributed by atoms with Gasteiger partial charge in [-0.25, -0.2) is 4.57 Å². The molecule has 20 heavy (non-hydrogen) atoms. The van der Waals surface area contributed by atoms with Crippen LogP contribution >= 0.6 is 15.4 Å². The quantitative estimate of drug-likeness (QED) is 0.412. The summed E-state index contributed by atoms with van der Waals surface area (Å²) in [5.74, 6) is 0. The van der Waals surface area contributed by atoms with E-state index >= 15 is 0 Å². The Hall–Kier alpha value is -0.160. The van der Waals surface area contributed by atoms with Crippen molar-refractivity contribution >= 4 is 15.4 Å². The molecule has 0 N–H and O–H groups in total. The Bertz CT molecular complexity index is 374. The van der Waals surface area contributed by atoms with Gasteiger partial charge < -0.3 is 13.6 Å². The second-order valence-electron chi connectivity index (χ2n) is 3.33. The molecule has 0 unspecified atom stereocenters. The molecule has 0 aromatic carbocycles. The zero-order valence-corrected chi connectivity index (χ0v) is 14.4. The SMILES string of the molecule is CC=C(OP(=O)(OCC)OCC)P(=O)(OCC)OCC. The normalized spacial score (nSPS) is 13.6. The van der Waals surface area contributed by atoms with Crippen LogP contribution in [-0.4, -0.2) is 26.4 Å². The van der Waals surface area contributed by atoms with Crippen molar-refractivity contribution < 1.29 is 31.7 Å². The summed E-state index contributed by atoms with van der Waals surface area (Å²) in [4.78, 5) is 0. The van der Waals surface area contributed by atoms with E-state index in [9.17, 15) is 9.13 Å². The second kappa shape index (κ2) is 9.72. The van der Waals surface area contributed by atoms with Crippen LogP contribution in [0.2, 0.25) is 0 Å². The highest BCUT2D eigenvalue weighted by Crippen LogP contribution is 2.63. The van der Waals surface area contributed by atoms with Crippen molar-refractivity contribution in [3.63, 3.8) is 0 Å². The number of phosphoric acid groups is 1. The highest BCUT2D eigenvalue weighted by Gasteiger charge is 2.38. The molecular formula is C11H24O7P2. The zero-order valence-electron chi connectivity index (χ0n) is 12.7. The van der Waals surface area contributed by atoms with E-state index in [4.69, 9.17) is 22.6 Å². The maximum absolute atomic E-state index is 12.6. The molecule has 9 heteroatoms. The highest BCUT2D eigenvalue weighted by molar-refractivity contribution is 7.59. The first kappa shape index (κ1) is 19.8. The van der Waals surface area contributed by atoms with E-state index in [1.807, 2.05) is 0 Å².